The smallest absolute Gasteiger partial charge is 0.410 e. The number of rotatable bonds is 42. The van der Waals surface area contributed by atoms with E-state index in [0.29, 0.717) is 125 Å². The molecule has 0 aliphatic carbocycles. The molecule has 0 radical (unpaired) electrons. The highest BCUT2D eigenvalue weighted by Crippen LogP contribution is 2.14. The summed E-state index contributed by atoms with van der Waals surface area (Å²) < 4.78 is 49.3. The molecule has 0 spiro atoms. The number of imide groups is 1. The second kappa shape index (κ2) is 37.6. The van der Waals surface area contributed by atoms with Crippen LogP contribution in [0.15, 0.2) is 12.2 Å². The van der Waals surface area contributed by atoms with Gasteiger partial charge >= 0.3 is 12.1 Å². The summed E-state index contributed by atoms with van der Waals surface area (Å²) in [6, 6.07) is -2.09. The maximum atomic E-state index is 13.1. The predicted molar refractivity (Wildman–Crippen MR) is 247 cm³/mol. The summed E-state index contributed by atoms with van der Waals surface area (Å²) in [5.74, 6) is -3.35. The minimum Gasteiger partial charge on any atom is -0.480 e. The number of nitrogens with zero attached hydrogens (tertiary/aromatic N) is 2. The number of hydrogen-bond acceptors (Lipinski definition) is 16. The zero-order valence-corrected chi connectivity index (χ0v) is 41.5. The molecule has 1 aliphatic rings. The Morgan fingerprint density at radius 2 is 1.09 bits per heavy atom. The first-order chi connectivity index (χ1) is 32.4. The lowest BCUT2D eigenvalue weighted by Crippen LogP contribution is -2.53. The highest BCUT2D eigenvalue weighted by molar-refractivity contribution is 6.13. The number of carboxylic acids is 1. The minimum absolute atomic E-state index is 0.00505. The van der Waals surface area contributed by atoms with Gasteiger partial charge in [-0.25, -0.2) is 9.59 Å². The summed E-state index contributed by atoms with van der Waals surface area (Å²) in [6.45, 7) is 19.9. The third-order valence-corrected chi connectivity index (χ3v) is 9.40. The SMILES string of the molecule is CC(C)CN(CCCC[C@H](NC(=O)[C@@H](NC(=O)CCOCCOCCOCCOCCOCCOCCOCCOCCNC(=O)CCN1C(=O)C=CC1=O)C(C)C)C(=O)O)C(=O)OC(C)(C)C. The summed E-state index contributed by atoms with van der Waals surface area (Å²) in [7, 11) is 0. The number of nitrogens with one attached hydrogen (secondary N) is 3. The predicted octanol–water partition coefficient (Wildman–Crippen LogP) is 1.71. The van der Waals surface area contributed by atoms with Gasteiger partial charge in [0.1, 0.15) is 17.7 Å². The standard InChI is InChI=1S/C46H81N5O17/c1-35(2)34-50(45(59)68-46(5,6)7)16-9-8-10-37(44(57)58)48-43(56)42(36(3)4)49-39(53)14-18-60-20-22-62-24-26-64-28-30-66-32-33-67-31-29-65-27-25-63-23-21-61-19-15-47-38(52)13-17-51-40(54)11-12-41(51)55/h11-12,35-37,42H,8-10,13-34H2,1-7H3,(H,47,52)(H,48,56)(H,49,53)(H,57,58)/t37-,42-/m0/s1. The molecule has 22 nitrogen and oxygen atoms in total. The Morgan fingerprint density at radius 3 is 1.51 bits per heavy atom. The molecule has 1 aliphatic heterocycles. The van der Waals surface area contributed by atoms with Crippen LogP contribution in [-0.4, -0.2) is 206 Å². The highest BCUT2D eigenvalue weighted by atomic mass is 16.6. The van der Waals surface area contributed by atoms with E-state index in [1.807, 2.05) is 13.8 Å². The molecular weight excluding hydrogens is 895 g/mol. The Balaban J connectivity index is 1.98. The van der Waals surface area contributed by atoms with Gasteiger partial charge < -0.3 is 68.6 Å². The van der Waals surface area contributed by atoms with Crippen LogP contribution < -0.4 is 16.0 Å². The van der Waals surface area contributed by atoms with Crippen LogP contribution in [0.3, 0.4) is 0 Å². The van der Waals surface area contributed by atoms with E-state index in [0.717, 1.165) is 4.90 Å². The molecule has 0 aromatic carbocycles. The van der Waals surface area contributed by atoms with Gasteiger partial charge in [0, 0.05) is 51.2 Å². The summed E-state index contributed by atoms with van der Waals surface area (Å²) in [5.41, 5.74) is -0.636. The number of aliphatic carboxylic acids is 1. The maximum Gasteiger partial charge on any atom is 0.410 e. The van der Waals surface area contributed by atoms with Crippen molar-refractivity contribution in [3.63, 3.8) is 0 Å². The van der Waals surface area contributed by atoms with Crippen LogP contribution in [-0.2, 0) is 71.4 Å². The zero-order valence-electron chi connectivity index (χ0n) is 41.5. The van der Waals surface area contributed by atoms with Gasteiger partial charge in [0.05, 0.1) is 106 Å². The van der Waals surface area contributed by atoms with Gasteiger partial charge in [-0.2, -0.15) is 0 Å². The van der Waals surface area contributed by atoms with Crippen LogP contribution in [0.5, 0.6) is 0 Å². The third kappa shape index (κ3) is 32.5. The van der Waals surface area contributed by atoms with Gasteiger partial charge in [0.15, 0.2) is 0 Å². The number of carbonyl (C=O) groups is 7. The van der Waals surface area contributed by atoms with Crippen LogP contribution in [0.2, 0.25) is 0 Å². The Kier molecular flexibility index (Phi) is 34.1. The van der Waals surface area contributed by atoms with Crippen molar-refractivity contribution in [1.29, 1.82) is 0 Å². The molecule has 6 amide bonds. The summed E-state index contributed by atoms with van der Waals surface area (Å²) >= 11 is 0. The molecular formula is C46H81N5O17. The van der Waals surface area contributed by atoms with Crippen LogP contribution >= 0.6 is 0 Å². The van der Waals surface area contributed by atoms with Gasteiger partial charge in [0.25, 0.3) is 11.8 Å². The van der Waals surface area contributed by atoms with E-state index in [9.17, 15) is 38.7 Å². The first-order valence-corrected chi connectivity index (χ1v) is 23.6. The molecule has 1 rings (SSSR count). The van der Waals surface area contributed by atoms with Gasteiger partial charge in [-0.15, -0.1) is 0 Å². The maximum absolute atomic E-state index is 13.1. The molecule has 0 saturated heterocycles. The fourth-order valence-electron chi connectivity index (χ4n) is 6.00. The number of unbranched alkanes of at least 4 members (excludes halogenated alkanes) is 1. The third-order valence-electron chi connectivity index (χ3n) is 9.40. The van der Waals surface area contributed by atoms with Crippen molar-refractivity contribution >= 4 is 41.6 Å². The summed E-state index contributed by atoms with van der Waals surface area (Å²) in [4.78, 5) is 87.9. The van der Waals surface area contributed by atoms with Crippen LogP contribution in [0, 0.1) is 11.8 Å². The second-order valence-electron chi connectivity index (χ2n) is 17.4. The normalized spacial score (nSPS) is 13.6. The monoisotopic (exact) mass is 976 g/mol. The van der Waals surface area contributed by atoms with Crippen molar-refractivity contribution < 1.29 is 81.3 Å². The van der Waals surface area contributed by atoms with Crippen molar-refractivity contribution in [2.24, 2.45) is 11.8 Å². The van der Waals surface area contributed by atoms with Gasteiger partial charge in [-0.3, -0.25) is 28.9 Å². The van der Waals surface area contributed by atoms with E-state index < -0.39 is 53.4 Å². The van der Waals surface area contributed by atoms with Gasteiger partial charge in [-0.05, 0) is 51.9 Å². The largest absolute Gasteiger partial charge is 0.480 e. The van der Waals surface area contributed by atoms with E-state index >= 15 is 0 Å². The van der Waals surface area contributed by atoms with Gasteiger partial charge in [-0.1, -0.05) is 27.7 Å². The number of ether oxygens (including phenoxy) is 9. The average molecular weight is 976 g/mol. The van der Waals surface area contributed by atoms with Crippen LogP contribution in [0.25, 0.3) is 0 Å². The fourth-order valence-corrected chi connectivity index (χ4v) is 6.00. The molecule has 0 aromatic heterocycles. The summed E-state index contributed by atoms with van der Waals surface area (Å²) in [6.07, 6.45) is 3.11. The first kappa shape index (κ1) is 61.7. The molecule has 0 unspecified atom stereocenters. The number of amides is 6. The van der Waals surface area contributed by atoms with Crippen LogP contribution in [0.1, 0.15) is 80.6 Å². The summed E-state index contributed by atoms with van der Waals surface area (Å²) in [5, 5.41) is 17.7. The molecule has 0 bridgehead atoms. The quantitative estimate of drug-likeness (QED) is 0.0501. The average Bonchev–Trinajstić information content (AvgIpc) is 3.59. The van der Waals surface area contributed by atoms with Crippen molar-refractivity contribution in [2.75, 3.05) is 132 Å². The van der Waals surface area contributed by atoms with E-state index in [2.05, 4.69) is 16.0 Å². The van der Waals surface area contributed by atoms with Crippen molar-refractivity contribution in [3.8, 4) is 0 Å². The lowest BCUT2D eigenvalue weighted by Gasteiger charge is -2.28. The van der Waals surface area contributed by atoms with E-state index in [1.54, 1.807) is 39.5 Å². The minimum atomic E-state index is -1.18. The molecule has 68 heavy (non-hydrogen) atoms. The Morgan fingerprint density at radius 1 is 0.632 bits per heavy atom. The van der Waals surface area contributed by atoms with E-state index in [4.69, 9.17) is 42.6 Å². The molecule has 0 fully saturated rings. The Bertz CT molecular complexity index is 1470. The molecule has 2 atom stereocenters. The Labute approximate surface area is 402 Å². The number of carboxylic acid groups (broad SMARTS) is 1. The number of carbonyl (C=O) groups excluding carboxylic acids is 6. The highest BCUT2D eigenvalue weighted by Gasteiger charge is 2.29. The second-order valence-corrected chi connectivity index (χ2v) is 17.4. The van der Waals surface area contributed by atoms with Crippen molar-refractivity contribution in [3.05, 3.63) is 12.2 Å². The molecule has 0 saturated carbocycles. The Hall–Kier alpha value is -4.29. The molecule has 1 heterocycles. The molecule has 0 aromatic rings. The zero-order chi connectivity index (χ0) is 50.6. The topological polar surface area (TPSA) is 265 Å². The number of hydrogen-bond donors (Lipinski definition) is 4. The lowest BCUT2D eigenvalue weighted by molar-refractivity contribution is -0.142. The van der Waals surface area contributed by atoms with E-state index in [1.165, 1.54) is 12.2 Å². The van der Waals surface area contributed by atoms with Crippen molar-refractivity contribution in [1.82, 2.24) is 25.8 Å². The fraction of sp³-hybridized carbons (Fsp3) is 0.804. The van der Waals surface area contributed by atoms with E-state index in [-0.39, 0.29) is 56.8 Å². The van der Waals surface area contributed by atoms with Gasteiger partial charge in [0.2, 0.25) is 17.7 Å². The van der Waals surface area contributed by atoms with Crippen LogP contribution in [0.4, 0.5) is 4.79 Å². The first-order valence-electron chi connectivity index (χ1n) is 23.6. The lowest BCUT2D eigenvalue weighted by atomic mass is 10.0. The van der Waals surface area contributed by atoms with Crippen molar-refractivity contribution in [2.45, 2.75) is 98.3 Å². The molecule has 4 N–H and O–H groups in total. The molecule has 22 heteroatoms. The molecule has 392 valence electrons.